The van der Waals surface area contributed by atoms with Crippen LogP contribution in [0.4, 0.5) is 20.7 Å². The number of hydrogen-bond donors (Lipinski definition) is 3. The van der Waals surface area contributed by atoms with E-state index in [-0.39, 0.29) is 28.8 Å². The molecule has 0 spiro atoms. The summed E-state index contributed by atoms with van der Waals surface area (Å²) in [5, 5.41) is 12.7. The Labute approximate surface area is 219 Å². The molecular weight excluding hydrogens is 487 g/mol. The number of hydrogen-bond acceptors (Lipinski definition) is 5. The molecule has 3 amide bonds. The molecule has 1 fully saturated rings. The lowest BCUT2D eigenvalue weighted by molar-refractivity contribution is 0.0958. The number of nitrogens with zero attached hydrogens (tertiary/aromatic N) is 3. The van der Waals surface area contributed by atoms with Gasteiger partial charge in [-0.3, -0.25) is 15.1 Å². The van der Waals surface area contributed by atoms with Gasteiger partial charge in [-0.1, -0.05) is 18.6 Å². The van der Waals surface area contributed by atoms with Crippen LogP contribution < -0.4 is 20.7 Å². The van der Waals surface area contributed by atoms with Gasteiger partial charge in [0.2, 0.25) is 0 Å². The molecule has 0 bridgehead atoms. The van der Waals surface area contributed by atoms with Crippen molar-refractivity contribution in [3.63, 3.8) is 0 Å². The Balaban J connectivity index is 1.30. The summed E-state index contributed by atoms with van der Waals surface area (Å²) in [6.45, 7) is 2.00. The smallest absolute Gasteiger partial charge is 0.324 e. The van der Waals surface area contributed by atoms with Crippen LogP contribution in [0, 0.1) is 12.7 Å². The van der Waals surface area contributed by atoms with Crippen LogP contribution in [0.15, 0.2) is 66.9 Å². The minimum absolute atomic E-state index is 0.0623. The fourth-order valence-corrected chi connectivity index (χ4v) is 4.14. The average Bonchev–Trinajstić information content (AvgIpc) is 3.27. The summed E-state index contributed by atoms with van der Waals surface area (Å²) in [6, 6.07) is 16.2. The minimum Gasteiger partial charge on any atom is -0.454 e. The van der Waals surface area contributed by atoms with Crippen LogP contribution in [0.25, 0.3) is 5.69 Å². The molecule has 38 heavy (non-hydrogen) atoms. The third kappa shape index (κ3) is 5.49. The number of nitrogens with one attached hydrogen (secondary N) is 3. The number of aryl methyl sites for hydroxylation is 1. The summed E-state index contributed by atoms with van der Waals surface area (Å²) in [5.41, 5.74) is 3.25. The Bertz CT molecular complexity index is 1500. The van der Waals surface area contributed by atoms with E-state index in [0.717, 1.165) is 35.9 Å². The van der Waals surface area contributed by atoms with E-state index in [1.165, 1.54) is 43.9 Å². The number of urea groups is 1. The number of carbonyl (C=O) groups excluding carboxylic acids is 2. The number of pyridine rings is 1. The second-order valence-corrected chi connectivity index (χ2v) is 9.12. The van der Waals surface area contributed by atoms with E-state index in [0.29, 0.717) is 11.7 Å². The largest absolute Gasteiger partial charge is 0.454 e. The second-order valence-electron chi connectivity index (χ2n) is 9.12. The molecule has 0 aliphatic heterocycles. The molecule has 3 N–H and O–H groups in total. The van der Waals surface area contributed by atoms with Crippen molar-refractivity contribution in [3.05, 3.63) is 89.6 Å². The van der Waals surface area contributed by atoms with E-state index in [9.17, 15) is 14.0 Å². The molecule has 0 unspecified atom stereocenters. The lowest BCUT2D eigenvalue weighted by Crippen LogP contribution is -2.21. The molecule has 2 aromatic heterocycles. The van der Waals surface area contributed by atoms with Crippen LogP contribution >= 0.6 is 0 Å². The molecule has 0 radical (unpaired) electrons. The maximum absolute atomic E-state index is 14.8. The van der Waals surface area contributed by atoms with Gasteiger partial charge in [0.25, 0.3) is 5.91 Å². The van der Waals surface area contributed by atoms with E-state index in [1.54, 1.807) is 4.68 Å². The number of halogens is 1. The van der Waals surface area contributed by atoms with Gasteiger partial charge in [0.1, 0.15) is 17.3 Å². The van der Waals surface area contributed by atoms with E-state index in [1.807, 2.05) is 37.3 Å². The first-order chi connectivity index (χ1) is 18.4. The van der Waals surface area contributed by atoms with Gasteiger partial charge in [-0.25, -0.2) is 13.9 Å². The number of ether oxygens (including phenoxy) is 1. The van der Waals surface area contributed by atoms with Crippen molar-refractivity contribution in [3.8, 4) is 17.2 Å². The van der Waals surface area contributed by atoms with Crippen LogP contribution in [0.2, 0.25) is 0 Å². The summed E-state index contributed by atoms with van der Waals surface area (Å²) in [5.74, 6) is 0.0395. The van der Waals surface area contributed by atoms with E-state index in [4.69, 9.17) is 9.84 Å². The molecule has 0 atom stereocenters. The molecule has 2 heterocycles. The van der Waals surface area contributed by atoms with Crippen LogP contribution in [0.3, 0.4) is 0 Å². The van der Waals surface area contributed by atoms with Gasteiger partial charge in [0.15, 0.2) is 11.6 Å². The van der Waals surface area contributed by atoms with Crippen molar-refractivity contribution in [2.75, 3.05) is 17.7 Å². The first-order valence-corrected chi connectivity index (χ1v) is 12.3. The number of aromatic nitrogens is 3. The van der Waals surface area contributed by atoms with Crippen LogP contribution in [-0.4, -0.2) is 33.8 Å². The standard InChI is InChI=1S/C28H27FN6O3/c1-17-5-3-8-20(13-17)35-26(16-23(34-35)18-6-4-7-18)33-28(37)32-19-9-10-25(22(29)14-19)38-21-11-12-31-24(15-21)27(36)30-2/h3,5,8-16,18H,4,6-7H2,1-2H3,(H,30,36)(H2,32,33,37). The number of rotatable bonds is 7. The molecule has 0 saturated heterocycles. The van der Waals surface area contributed by atoms with E-state index in [2.05, 4.69) is 20.9 Å². The van der Waals surface area contributed by atoms with Crippen LogP contribution in [0.1, 0.15) is 46.9 Å². The molecule has 9 nitrogen and oxygen atoms in total. The topological polar surface area (TPSA) is 110 Å². The summed E-state index contributed by atoms with van der Waals surface area (Å²) < 4.78 is 22.1. The SMILES string of the molecule is CNC(=O)c1cc(Oc2ccc(NC(=O)Nc3cc(C4CCC4)nn3-c3cccc(C)c3)cc2F)ccn1. The Morgan fingerprint density at radius 2 is 1.89 bits per heavy atom. The first kappa shape index (κ1) is 24.9. The molecule has 10 heteroatoms. The quantitative estimate of drug-likeness (QED) is 0.290. The van der Waals surface area contributed by atoms with Gasteiger partial charge in [0.05, 0.1) is 11.4 Å². The molecule has 2 aromatic carbocycles. The maximum atomic E-state index is 14.8. The first-order valence-electron chi connectivity index (χ1n) is 12.3. The van der Waals surface area contributed by atoms with Gasteiger partial charge < -0.3 is 15.4 Å². The fraction of sp³-hybridized carbons (Fsp3) is 0.214. The molecular formula is C28H27FN6O3. The molecule has 1 saturated carbocycles. The van der Waals surface area contributed by atoms with Crippen molar-refractivity contribution < 1.29 is 18.7 Å². The van der Waals surface area contributed by atoms with Crippen molar-refractivity contribution in [1.29, 1.82) is 0 Å². The van der Waals surface area contributed by atoms with Crippen LogP contribution in [0.5, 0.6) is 11.5 Å². The maximum Gasteiger partial charge on any atom is 0.324 e. The third-order valence-electron chi connectivity index (χ3n) is 6.35. The van der Waals surface area contributed by atoms with Gasteiger partial charge >= 0.3 is 6.03 Å². The normalized spacial score (nSPS) is 12.9. The molecule has 4 aromatic rings. The fourth-order valence-electron chi connectivity index (χ4n) is 4.14. The highest BCUT2D eigenvalue weighted by atomic mass is 19.1. The molecule has 5 rings (SSSR count). The third-order valence-corrected chi connectivity index (χ3v) is 6.35. The monoisotopic (exact) mass is 514 g/mol. The number of benzene rings is 2. The van der Waals surface area contributed by atoms with E-state index >= 15 is 0 Å². The second kappa shape index (κ2) is 10.7. The highest BCUT2D eigenvalue weighted by molar-refractivity contribution is 5.99. The summed E-state index contributed by atoms with van der Waals surface area (Å²) in [7, 11) is 1.49. The minimum atomic E-state index is -0.682. The van der Waals surface area contributed by atoms with Crippen molar-refractivity contribution in [2.24, 2.45) is 0 Å². The number of carbonyl (C=O) groups is 2. The van der Waals surface area contributed by atoms with Gasteiger partial charge in [-0.15, -0.1) is 0 Å². The van der Waals surface area contributed by atoms with Crippen molar-refractivity contribution in [2.45, 2.75) is 32.1 Å². The lowest BCUT2D eigenvalue weighted by atomic mass is 9.83. The molecule has 1 aliphatic carbocycles. The zero-order valence-electron chi connectivity index (χ0n) is 21.0. The zero-order valence-corrected chi connectivity index (χ0v) is 21.0. The Morgan fingerprint density at radius 3 is 2.61 bits per heavy atom. The van der Waals surface area contributed by atoms with E-state index < -0.39 is 11.8 Å². The summed E-state index contributed by atoms with van der Waals surface area (Å²) in [6.07, 6.45) is 4.73. The Morgan fingerprint density at radius 1 is 1.05 bits per heavy atom. The van der Waals surface area contributed by atoms with Crippen LogP contribution in [-0.2, 0) is 0 Å². The van der Waals surface area contributed by atoms with Crippen molar-refractivity contribution >= 4 is 23.4 Å². The van der Waals surface area contributed by atoms with Gasteiger partial charge in [-0.2, -0.15) is 5.10 Å². The predicted molar refractivity (Wildman–Crippen MR) is 142 cm³/mol. The number of anilines is 2. The van der Waals surface area contributed by atoms with Crippen molar-refractivity contribution in [1.82, 2.24) is 20.1 Å². The average molecular weight is 515 g/mol. The molecule has 1 aliphatic rings. The Kier molecular flexibility index (Phi) is 7.03. The zero-order chi connectivity index (χ0) is 26.6. The lowest BCUT2D eigenvalue weighted by Gasteiger charge is -2.22. The highest BCUT2D eigenvalue weighted by Gasteiger charge is 2.24. The predicted octanol–water partition coefficient (Wildman–Crippen LogP) is 5.78. The van der Waals surface area contributed by atoms with Gasteiger partial charge in [0, 0.05) is 43.0 Å². The molecule has 194 valence electrons. The summed E-state index contributed by atoms with van der Waals surface area (Å²) >= 11 is 0. The summed E-state index contributed by atoms with van der Waals surface area (Å²) in [4.78, 5) is 28.6. The van der Waals surface area contributed by atoms with Gasteiger partial charge in [-0.05, 0) is 55.7 Å². The Hall–Kier alpha value is -4.73. The number of amides is 3. The highest BCUT2D eigenvalue weighted by Crippen LogP contribution is 2.37.